The third-order valence-electron chi connectivity index (χ3n) is 13.0. The number of nitrogens with one attached hydrogen (secondary N) is 9. The van der Waals surface area contributed by atoms with Crippen LogP contribution in [0.15, 0.2) is 54.7 Å². The number of hydrogen-bond acceptors (Lipinski definition) is 13. The summed E-state index contributed by atoms with van der Waals surface area (Å²) in [5.41, 5.74) is 19.3. The summed E-state index contributed by atoms with van der Waals surface area (Å²) in [6.07, 6.45) is 1.27. The predicted molar refractivity (Wildman–Crippen MR) is 282 cm³/mol. The van der Waals surface area contributed by atoms with Crippen molar-refractivity contribution in [3.05, 3.63) is 69.4 Å². The highest BCUT2D eigenvalue weighted by Crippen LogP contribution is 2.23. The minimum atomic E-state index is -1.40. The molecule has 8 atom stereocenters. The van der Waals surface area contributed by atoms with Crippen LogP contribution < -0.4 is 59.7 Å². The maximum atomic E-state index is 14.7. The second-order valence-electron chi connectivity index (χ2n) is 18.9. The van der Waals surface area contributed by atoms with Crippen molar-refractivity contribution in [2.45, 2.75) is 152 Å². The number of aromatic nitrogens is 1. The Morgan fingerprint density at radius 2 is 1.53 bits per heavy atom. The number of hydrogen-bond donors (Lipinski definition) is 13. The number of amides is 9. The summed E-state index contributed by atoms with van der Waals surface area (Å²) < 4.78 is 0.895. The lowest BCUT2D eigenvalue weighted by Crippen LogP contribution is -2.60. The number of H-pyrrole nitrogens is 1. The first kappa shape index (κ1) is 58.7. The third kappa shape index (κ3) is 18.0. The molecule has 0 radical (unpaired) electrons. The quantitative estimate of drug-likeness (QED) is 0.0455. The molecule has 404 valence electrons. The number of primary amides is 1. The van der Waals surface area contributed by atoms with Crippen LogP contribution in [0.2, 0.25) is 0 Å². The molecule has 0 unspecified atom stereocenters. The molecule has 2 aromatic carbocycles. The highest BCUT2D eigenvalue weighted by Gasteiger charge is 2.43. The van der Waals surface area contributed by atoms with Gasteiger partial charge in [-0.05, 0) is 103 Å². The summed E-state index contributed by atoms with van der Waals surface area (Å²) >= 11 is 2.12. The maximum Gasteiger partial charge on any atom is 0.245 e. The van der Waals surface area contributed by atoms with E-state index in [2.05, 4.69) is 70.1 Å². The number of fused-ring (bicyclic) bond motifs is 2. The molecule has 2 saturated heterocycles. The Morgan fingerprint density at radius 1 is 0.851 bits per heavy atom. The van der Waals surface area contributed by atoms with Crippen LogP contribution in [-0.4, -0.2) is 142 Å². The Bertz CT molecular complexity index is 2440. The lowest BCUT2D eigenvalue weighted by atomic mass is 10.0. The summed E-state index contributed by atoms with van der Waals surface area (Å²) in [6, 6.07) is 5.56. The SMILES string of the molecule is CCCC[C@H](NC(C)=O)C(=O)N[C@H]1CCC(=O)NCCCC[C@@H](C(N)=O)NC(=O)[C@H](Cc2c[nH]c3ccccc23)NC(=O)[C@H](CCCNC(N)N)NC(=O)[C@@H](Cc2ccc(I)cc2)NC(=O)[C@@H]2C[C@@H](O)CN2C1=O. The van der Waals surface area contributed by atoms with E-state index in [1.54, 1.807) is 18.3 Å². The summed E-state index contributed by atoms with van der Waals surface area (Å²) in [7, 11) is 0. The standard InChI is InChI=1S/C50H72IN13O10/c1-3-4-11-36(58-28(2)65)44(69)61-38-19-20-42(67)55-21-8-7-13-35(43(52)68)59-47(72)40(24-30-26-57-34-12-6-5-10-33(30)34)62-45(70)37(14-9-22-56-50(53)54)60-46(71)39(23-29-15-17-31(51)18-16-29)63-48(73)41-25-32(66)27-64(41)49(38)74/h5-6,10,12,15-18,26,32,35-41,50,56-57,66H,3-4,7-9,11,13-14,19-25,27,53-54H2,1-2H3,(H2,52,68)(H,55,67)(H,58,65)(H,59,72)(H,60,71)(H,61,69)(H,62,70)(H,63,73)/t32-,35+,36+,37+,38+,39-,40+,41+/m1/s1. The summed E-state index contributed by atoms with van der Waals surface area (Å²) in [6.45, 7) is 3.21. The van der Waals surface area contributed by atoms with E-state index in [0.717, 1.165) is 19.4 Å². The molecular formula is C50H72IN13O10. The largest absolute Gasteiger partial charge is 0.391 e. The van der Waals surface area contributed by atoms with E-state index in [4.69, 9.17) is 17.2 Å². The molecule has 1 aromatic heterocycles. The number of aromatic amines is 1. The number of nitrogens with two attached hydrogens (primary N) is 3. The molecule has 2 aliphatic heterocycles. The van der Waals surface area contributed by atoms with Crippen LogP contribution in [0.3, 0.4) is 0 Å². The molecule has 3 aromatic rings. The van der Waals surface area contributed by atoms with Crippen molar-refractivity contribution in [3.63, 3.8) is 0 Å². The van der Waals surface area contributed by atoms with Crippen LogP contribution in [0, 0.1) is 3.57 Å². The van der Waals surface area contributed by atoms with Gasteiger partial charge < -0.3 is 69.4 Å². The van der Waals surface area contributed by atoms with Crippen molar-refractivity contribution in [2.75, 3.05) is 19.6 Å². The topological polar surface area (TPSA) is 367 Å². The molecule has 24 heteroatoms. The van der Waals surface area contributed by atoms with Gasteiger partial charge in [-0.2, -0.15) is 0 Å². The number of halogens is 1. The summed E-state index contributed by atoms with van der Waals surface area (Å²) in [5, 5.41) is 33.8. The fourth-order valence-electron chi connectivity index (χ4n) is 9.03. The van der Waals surface area contributed by atoms with Crippen molar-refractivity contribution in [1.29, 1.82) is 0 Å². The van der Waals surface area contributed by atoms with Gasteiger partial charge in [-0.3, -0.25) is 48.5 Å². The molecule has 0 bridgehead atoms. The van der Waals surface area contributed by atoms with E-state index in [0.29, 0.717) is 36.8 Å². The average Bonchev–Trinajstić information content (AvgIpc) is 3.96. The molecule has 9 amide bonds. The van der Waals surface area contributed by atoms with Crippen molar-refractivity contribution in [3.8, 4) is 0 Å². The lowest BCUT2D eigenvalue weighted by molar-refractivity contribution is -0.143. The average molecular weight is 1140 g/mol. The lowest BCUT2D eigenvalue weighted by Gasteiger charge is -2.31. The first-order valence-corrected chi connectivity index (χ1v) is 26.3. The Balaban J connectivity index is 1.53. The first-order valence-electron chi connectivity index (χ1n) is 25.2. The van der Waals surface area contributed by atoms with Gasteiger partial charge in [0.05, 0.1) is 6.10 Å². The Labute approximate surface area is 443 Å². The first-order chi connectivity index (χ1) is 35.3. The number of rotatable bonds is 16. The van der Waals surface area contributed by atoms with Crippen LogP contribution in [-0.2, 0) is 56.0 Å². The highest BCUT2D eigenvalue weighted by atomic mass is 127. The zero-order valence-electron chi connectivity index (χ0n) is 41.9. The van der Waals surface area contributed by atoms with E-state index in [-0.39, 0.29) is 77.4 Å². The molecule has 0 spiro atoms. The van der Waals surface area contributed by atoms with Crippen LogP contribution in [0.4, 0.5) is 0 Å². The van der Waals surface area contributed by atoms with E-state index in [1.165, 1.54) is 6.92 Å². The van der Waals surface area contributed by atoms with Crippen LogP contribution in [0.25, 0.3) is 10.9 Å². The molecule has 74 heavy (non-hydrogen) atoms. The summed E-state index contributed by atoms with van der Waals surface area (Å²) in [4.78, 5) is 129. The number of carbonyl (C=O) groups is 9. The van der Waals surface area contributed by atoms with Crippen molar-refractivity contribution < 1.29 is 48.3 Å². The Morgan fingerprint density at radius 3 is 2.23 bits per heavy atom. The number of nitrogens with zero attached hydrogens (tertiary/aromatic N) is 1. The molecule has 2 aliphatic rings. The van der Waals surface area contributed by atoms with Gasteiger partial charge in [0.25, 0.3) is 0 Å². The molecule has 0 saturated carbocycles. The fraction of sp³-hybridized carbons (Fsp3) is 0.540. The Kier molecular flexibility index (Phi) is 23.0. The number of aliphatic hydroxyl groups is 1. The second kappa shape index (κ2) is 29.0. The minimum Gasteiger partial charge on any atom is -0.391 e. The van der Waals surface area contributed by atoms with Gasteiger partial charge in [-0.15, -0.1) is 0 Å². The third-order valence-corrected chi connectivity index (χ3v) is 13.7. The van der Waals surface area contributed by atoms with E-state index < -0.39 is 108 Å². The molecule has 16 N–H and O–H groups in total. The number of para-hydroxylation sites is 1. The van der Waals surface area contributed by atoms with E-state index in [1.807, 2.05) is 43.3 Å². The van der Waals surface area contributed by atoms with Gasteiger partial charge in [0.2, 0.25) is 53.2 Å². The van der Waals surface area contributed by atoms with Gasteiger partial charge in [0.1, 0.15) is 48.6 Å². The Hall–Kier alpha value is -6.22. The van der Waals surface area contributed by atoms with Crippen LogP contribution in [0.1, 0.15) is 95.6 Å². The smallest absolute Gasteiger partial charge is 0.245 e. The number of unbranched alkanes of at least 4 members (excludes halogenated alkanes) is 1. The number of carbonyl (C=O) groups excluding carboxylic acids is 9. The normalized spacial score (nSPS) is 23.6. The van der Waals surface area contributed by atoms with Gasteiger partial charge in [-0.25, -0.2) is 0 Å². The summed E-state index contributed by atoms with van der Waals surface area (Å²) in [5.74, 6) is -6.37. The zero-order valence-corrected chi connectivity index (χ0v) is 44.0. The van der Waals surface area contributed by atoms with Crippen molar-refractivity contribution in [1.82, 2.24) is 52.4 Å². The molecule has 2 fully saturated rings. The van der Waals surface area contributed by atoms with E-state index in [9.17, 15) is 48.3 Å². The molecule has 5 rings (SSSR count). The van der Waals surface area contributed by atoms with Crippen LogP contribution >= 0.6 is 22.6 Å². The van der Waals surface area contributed by atoms with Gasteiger partial charge in [0, 0.05) is 66.4 Å². The molecule has 0 aliphatic carbocycles. The minimum absolute atomic E-state index is 0.00515. The van der Waals surface area contributed by atoms with Gasteiger partial charge in [0.15, 0.2) is 0 Å². The highest BCUT2D eigenvalue weighted by molar-refractivity contribution is 14.1. The van der Waals surface area contributed by atoms with E-state index >= 15 is 0 Å². The fourth-order valence-corrected chi connectivity index (χ4v) is 9.39. The number of aliphatic hydroxyl groups excluding tert-OH is 1. The molecule has 3 heterocycles. The zero-order chi connectivity index (χ0) is 53.9. The molecule has 23 nitrogen and oxygen atoms in total. The van der Waals surface area contributed by atoms with Crippen LogP contribution in [0.5, 0.6) is 0 Å². The predicted octanol–water partition coefficient (Wildman–Crippen LogP) is -1.23. The van der Waals surface area contributed by atoms with Gasteiger partial charge in [-0.1, -0.05) is 50.1 Å². The monoisotopic (exact) mass is 1140 g/mol. The van der Waals surface area contributed by atoms with Crippen molar-refractivity contribution >= 4 is 86.7 Å². The van der Waals surface area contributed by atoms with Crippen molar-refractivity contribution in [2.24, 2.45) is 17.2 Å². The van der Waals surface area contributed by atoms with Gasteiger partial charge >= 0.3 is 0 Å². The second-order valence-corrected chi connectivity index (χ2v) is 20.1. The number of benzene rings is 2. The molecular weight excluding hydrogens is 1070 g/mol. The maximum absolute atomic E-state index is 14.7.